The summed E-state index contributed by atoms with van der Waals surface area (Å²) in [6.45, 7) is 9.22. The Kier molecular flexibility index (Phi) is 3.87. The van der Waals surface area contributed by atoms with Gasteiger partial charge in [0.1, 0.15) is 11.5 Å². The molecule has 2 aromatic rings. The van der Waals surface area contributed by atoms with Gasteiger partial charge in [-0.1, -0.05) is 24.3 Å². The molecule has 1 aromatic carbocycles. The molecular weight excluding hydrogens is 222 g/mol. The van der Waals surface area contributed by atoms with Crippen LogP contribution in [-0.4, -0.2) is 0 Å². The van der Waals surface area contributed by atoms with Crippen LogP contribution in [0.2, 0.25) is 0 Å². The van der Waals surface area contributed by atoms with Crippen LogP contribution in [0.1, 0.15) is 41.2 Å². The zero-order chi connectivity index (χ0) is 13.1. The molecule has 1 aromatic heterocycles. The van der Waals surface area contributed by atoms with Crippen molar-refractivity contribution < 1.29 is 4.42 Å². The van der Waals surface area contributed by atoms with Crippen molar-refractivity contribution in [2.45, 2.75) is 40.3 Å². The Morgan fingerprint density at radius 3 is 2.50 bits per heavy atom. The van der Waals surface area contributed by atoms with Crippen LogP contribution in [0, 0.1) is 20.8 Å². The summed E-state index contributed by atoms with van der Waals surface area (Å²) in [6, 6.07) is 10.9. The number of nitrogens with one attached hydrogen (secondary N) is 1. The summed E-state index contributed by atoms with van der Waals surface area (Å²) >= 11 is 0. The molecule has 0 radical (unpaired) electrons. The number of rotatable bonds is 4. The number of furan rings is 1. The second kappa shape index (κ2) is 5.40. The molecule has 0 bridgehead atoms. The Balaban J connectivity index is 2.03. The zero-order valence-corrected chi connectivity index (χ0v) is 11.6. The van der Waals surface area contributed by atoms with Crippen LogP contribution in [-0.2, 0) is 6.54 Å². The number of aryl methyl sites for hydroxylation is 3. The minimum Gasteiger partial charge on any atom is -0.466 e. The second-order valence-corrected chi connectivity index (χ2v) is 4.90. The first-order chi connectivity index (χ1) is 8.58. The molecule has 0 saturated carbocycles. The van der Waals surface area contributed by atoms with E-state index in [1.54, 1.807) is 0 Å². The van der Waals surface area contributed by atoms with Crippen molar-refractivity contribution in [1.29, 1.82) is 0 Å². The van der Waals surface area contributed by atoms with Gasteiger partial charge in [0.2, 0.25) is 0 Å². The normalized spacial score (nSPS) is 12.7. The molecule has 0 spiro atoms. The fourth-order valence-corrected chi connectivity index (χ4v) is 2.26. The Labute approximate surface area is 109 Å². The van der Waals surface area contributed by atoms with E-state index in [0.29, 0.717) is 6.04 Å². The Bertz CT molecular complexity index is 528. The van der Waals surface area contributed by atoms with Gasteiger partial charge in [0.25, 0.3) is 0 Å². The minimum atomic E-state index is 0.307. The van der Waals surface area contributed by atoms with Gasteiger partial charge in [0, 0.05) is 18.2 Å². The maximum Gasteiger partial charge on any atom is 0.105 e. The highest BCUT2D eigenvalue weighted by Crippen LogP contribution is 2.21. The van der Waals surface area contributed by atoms with Crippen molar-refractivity contribution in [1.82, 2.24) is 5.32 Å². The summed E-state index contributed by atoms with van der Waals surface area (Å²) < 4.78 is 5.57. The van der Waals surface area contributed by atoms with Crippen molar-refractivity contribution >= 4 is 0 Å². The van der Waals surface area contributed by atoms with Crippen LogP contribution in [0.25, 0.3) is 0 Å². The predicted molar refractivity (Wildman–Crippen MR) is 74.6 cm³/mol. The van der Waals surface area contributed by atoms with Crippen LogP contribution < -0.4 is 5.32 Å². The molecule has 2 nitrogen and oxygen atoms in total. The van der Waals surface area contributed by atoms with Crippen LogP contribution in [0.3, 0.4) is 0 Å². The highest BCUT2D eigenvalue weighted by atomic mass is 16.3. The fraction of sp³-hybridized carbons (Fsp3) is 0.375. The van der Waals surface area contributed by atoms with Crippen molar-refractivity contribution in [2.24, 2.45) is 0 Å². The molecular formula is C16H21NO. The van der Waals surface area contributed by atoms with E-state index in [1.165, 1.54) is 16.7 Å². The van der Waals surface area contributed by atoms with E-state index in [2.05, 4.69) is 49.5 Å². The van der Waals surface area contributed by atoms with E-state index < -0.39 is 0 Å². The molecule has 2 rings (SSSR count). The summed E-state index contributed by atoms with van der Waals surface area (Å²) in [5, 5.41) is 3.55. The number of hydrogen-bond acceptors (Lipinski definition) is 2. The smallest absolute Gasteiger partial charge is 0.105 e. The van der Waals surface area contributed by atoms with E-state index >= 15 is 0 Å². The molecule has 0 saturated heterocycles. The lowest BCUT2D eigenvalue weighted by atomic mass is 10.1. The average Bonchev–Trinajstić information content (AvgIpc) is 2.67. The van der Waals surface area contributed by atoms with Crippen LogP contribution in [0.15, 0.2) is 34.7 Å². The first-order valence-corrected chi connectivity index (χ1v) is 6.42. The third kappa shape index (κ3) is 2.82. The van der Waals surface area contributed by atoms with E-state index in [1.807, 2.05) is 13.8 Å². The second-order valence-electron chi connectivity index (χ2n) is 4.90. The maximum atomic E-state index is 5.57. The fourth-order valence-electron chi connectivity index (χ4n) is 2.26. The van der Waals surface area contributed by atoms with Gasteiger partial charge in [0.05, 0.1) is 0 Å². The van der Waals surface area contributed by atoms with Gasteiger partial charge in [-0.15, -0.1) is 0 Å². The van der Waals surface area contributed by atoms with Crippen LogP contribution in [0.5, 0.6) is 0 Å². The van der Waals surface area contributed by atoms with Crippen molar-refractivity contribution in [3.8, 4) is 0 Å². The molecule has 0 aliphatic rings. The lowest BCUT2D eigenvalue weighted by Crippen LogP contribution is -2.18. The predicted octanol–water partition coefficient (Wildman–Crippen LogP) is 4.06. The molecule has 1 atom stereocenters. The first-order valence-electron chi connectivity index (χ1n) is 6.42. The van der Waals surface area contributed by atoms with E-state index in [9.17, 15) is 0 Å². The summed E-state index contributed by atoms with van der Waals surface area (Å²) in [7, 11) is 0. The Morgan fingerprint density at radius 2 is 1.89 bits per heavy atom. The largest absolute Gasteiger partial charge is 0.466 e. The molecule has 0 amide bonds. The zero-order valence-electron chi connectivity index (χ0n) is 11.6. The first kappa shape index (κ1) is 12.9. The molecule has 1 N–H and O–H groups in total. The third-order valence-corrected chi connectivity index (χ3v) is 3.41. The van der Waals surface area contributed by atoms with Crippen LogP contribution in [0.4, 0.5) is 0 Å². The van der Waals surface area contributed by atoms with Gasteiger partial charge < -0.3 is 9.73 Å². The molecule has 0 fully saturated rings. The highest BCUT2D eigenvalue weighted by molar-refractivity contribution is 5.27. The van der Waals surface area contributed by atoms with Gasteiger partial charge in [-0.25, -0.2) is 0 Å². The highest BCUT2D eigenvalue weighted by Gasteiger charge is 2.12. The van der Waals surface area contributed by atoms with Crippen molar-refractivity contribution in [3.63, 3.8) is 0 Å². The topological polar surface area (TPSA) is 25.2 Å². The van der Waals surface area contributed by atoms with Gasteiger partial charge in [-0.2, -0.15) is 0 Å². The molecule has 0 aliphatic heterocycles. The van der Waals surface area contributed by atoms with Gasteiger partial charge in [-0.05, 0) is 44.9 Å². The third-order valence-electron chi connectivity index (χ3n) is 3.41. The number of benzene rings is 1. The van der Waals surface area contributed by atoms with Gasteiger partial charge in [0.15, 0.2) is 0 Å². The molecule has 1 heterocycles. The van der Waals surface area contributed by atoms with E-state index in [0.717, 1.165) is 18.1 Å². The molecule has 0 aliphatic carbocycles. The molecule has 2 heteroatoms. The molecule has 1 unspecified atom stereocenters. The monoisotopic (exact) mass is 243 g/mol. The lowest BCUT2D eigenvalue weighted by molar-refractivity contribution is 0.489. The Hall–Kier alpha value is -1.54. The Morgan fingerprint density at radius 1 is 1.17 bits per heavy atom. The summed E-state index contributed by atoms with van der Waals surface area (Å²) in [5.74, 6) is 1.99. The standard InChI is InChI=1S/C16H21NO/c1-11-7-5-6-8-15(11)10-17-13(3)16-9-12(2)18-14(16)4/h5-9,13,17H,10H2,1-4H3. The van der Waals surface area contributed by atoms with Crippen molar-refractivity contribution in [3.05, 3.63) is 58.5 Å². The minimum absolute atomic E-state index is 0.307. The summed E-state index contributed by atoms with van der Waals surface area (Å²) in [6.07, 6.45) is 0. The SMILES string of the molecule is Cc1cc(C(C)NCc2ccccc2C)c(C)o1. The summed E-state index contributed by atoms with van der Waals surface area (Å²) in [5.41, 5.74) is 3.93. The quantitative estimate of drug-likeness (QED) is 0.876. The lowest BCUT2D eigenvalue weighted by Gasteiger charge is -2.14. The molecule has 96 valence electrons. The van der Waals surface area contributed by atoms with Gasteiger partial charge >= 0.3 is 0 Å². The number of hydrogen-bond donors (Lipinski definition) is 1. The van der Waals surface area contributed by atoms with Crippen molar-refractivity contribution in [2.75, 3.05) is 0 Å². The van der Waals surface area contributed by atoms with Crippen LogP contribution >= 0.6 is 0 Å². The summed E-state index contributed by atoms with van der Waals surface area (Å²) in [4.78, 5) is 0. The van der Waals surface area contributed by atoms with Gasteiger partial charge in [-0.3, -0.25) is 0 Å². The van der Waals surface area contributed by atoms with E-state index in [-0.39, 0.29) is 0 Å². The average molecular weight is 243 g/mol. The maximum absolute atomic E-state index is 5.57. The molecule has 18 heavy (non-hydrogen) atoms. The van der Waals surface area contributed by atoms with E-state index in [4.69, 9.17) is 4.42 Å².